The SMILES string of the molecule is COC(=O)Nc1ccc(NC(=O)C2COCC2N)cc1. The van der Waals surface area contributed by atoms with E-state index in [9.17, 15) is 9.59 Å². The van der Waals surface area contributed by atoms with Crippen LogP contribution in [-0.2, 0) is 14.3 Å². The number of nitrogens with one attached hydrogen (secondary N) is 2. The van der Waals surface area contributed by atoms with Crippen molar-refractivity contribution in [2.45, 2.75) is 6.04 Å². The standard InChI is InChI=1S/C13H17N3O4/c1-19-13(18)16-9-4-2-8(3-5-9)15-12(17)10-6-20-7-11(10)14/h2-5,10-11H,6-7,14H2,1H3,(H,15,17)(H,16,18). The van der Waals surface area contributed by atoms with E-state index in [0.717, 1.165) is 0 Å². The molecule has 7 nitrogen and oxygen atoms in total. The van der Waals surface area contributed by atoms with Crippen LogP contribution < -0.4 is 16.4 Å². The average molecular weight is 279 g/mol. The lowest BCUT2D eigenvalue weighted by Crippen LogP contribution is -2.37. The lowest BCUT2D eigenvalue weighted by molar-refractivity contribution is -0.120. The van der Waals surface area contributed by atoms with Gasteiger partial charge in [-0.05, 0) is 24.3 Å². The van der Waals surface area contributed by atoms with Gasteiger partial charge in [0.1, 0.15) is 0 Å². The van der Waals surface area contributed by atoms with E-state index < -0.39 is 6.09 Å². The van der Waals surface area contributed by atoms with Gasteiger partial charge in [-0.3, -0.25) is 10.1 Å². The second kappa shape index (κ2) is 6.36. The van der Waals surface area contributed by atoms with E-state index in [0.29, 0.717) is 24.6 Å². The molecule has 2 rings (SSSR count). The Balaban J connectivity index is 1.93. The topological polar surface area (TPSA) is 103 Å². The quantitative estimate of drug-likeness (QED) is 0.758. The molecule has 2 atom stereocenters. The van der Waals surface area contributed by atoms with E-state index in [4.69, 9.17) is 10.5 Å². The van der Waals surface area contributed by atoms with E-state index in [2.05, 4.69) is 15.4 Å². The van der Waals surface area contributed by atoms with Gasteiger partial charge >= 0.3 is 6.09 Å². The van der Waals surface area contributed by atoms with E-state index in [1.807, 2.05) is 0 Å². The van der Waals surface area contributed by atoms with Gasteiger partial charge in [-0.25, -0.2) is 4.79 Å². The Morgan fingerprint density at radius 3 is 2.30 bits per heavy atom. The van der Waals surface area contributed by atoms with Crippen molar-refractivity contribution in [1.29, 1.82) is 0 Å². The Kier molecular flexibility index (Phi) is 4.54. The molecule has 108 valence electrons. The van der Waals surface area contributed by atoms with Gasteiger partial charge in [0.25, 0.3) is 0 Å². The third kappa shape index (κ3) is 3.46. The summed E-state index contributed by atoms with van der Waals surface area (Å²) in [7, 11) is 1.29. The van der Waals surface area contributed by atoms with Crippen molar-refractivity contribution in [2.75, 3.05) is 31.0 Å². The second-order valence-electron chi connectivity index (χ2n) is 4.49. The van der Waals surface area contributed by atoms with Crippen LogP contribution in [0.2, 0.25) is 0 Å². The Labute approximate surface area is 116 Å². The molecule has 1 fully saturated rings. The predicted octanol–water partition coefficient (Wildman–Crippen LogP) is 0.777. The summed E-state index contributed by atoms with van der Waals surface area (Å²) in [5.74, 6) is -0.494. The average Bonchev–Trinajstić information content (AvgIpc) is 2.87. The van der Waals surface area contributed by atoms with Gasteiger partial charge < -0.3 is 20.5 Å². The number of carbonyl (C=O) groups excluding carboxylic acids is 2. The minimum atomic E-state index is -0.545. The number of rotatable bonds is 3. The summed E-state index contributed by atoms with van der Waals surface area (Å²) in [5, 5.41) is 5.29. The predicted molar refractivity (Wildman–Crippen MR) is 73.4 cm³/mol. The zero-order chi connectivity index (χ0) is 14.5. The van der Waals surface area contributed by atoms with Crippen molar-refractivity contribution in [3.8, 4) is 0 Å². The van der Waals surface area contributed by atoms with Gasteiger partial charge in [0.15, 0.2) is 0 Å². The van der Waals surface area contributed by atoms with Crippen molar-refractivity contribution < 1.29 is 19.1 Å². The van der Waals surface area contributed by atoms with Crippen molar-refractivity contribution >= 4 is 23.4 Å². The molecule has 1 aromatic rings. The van der Waals surface area contributed by atoms with Gasteiger partial charge in [-0.1, -0.05) is 0 Å². The molecule has 1 heterocycles. The number of carbonyl (C=O) groups is 2. The Bertz CT molecular complexity index is 489. The molecule has 0 radical (unpaired) electrons. The fourth-order valence-electron chi connectivity index (χ4n) is 1.88. The van der Waals surface area contributed by atoms with Gasteiger partial charge in [0.05, 0.1) is 26.2 Å². The third-order valence-corrected chi connectivity index (χ3v) is 3.05. The maximum atomic E-state index is 12.0. The number of methoxy groups -OCH3 is 1. The highest BCUT2D eigenvalue weighted by Gasteiger charge is 2.31. The number of amides is 2. The fraction of sp³-hybridized carbons (Fsp3) is 0.385. The summed E-state index contributed by atoms with van der Waals surface area (Å²) in [6, 6.07) is 6.43. The molecule has 1 saturated heterocycles. The van der Waals surface area contributed by atoms with Gasteiger partial charge in [-0.2, -0.15) is 0 Å². The molecule has 0 saturated carbocycles. The van der Waals surface area contributed by atoms with Crippen LogP contribution in [0.1, 0.15) is 0 Å². The number of nitrogens with two attached hydrogens (primary N) is 1. The van der Waals surface area contributed by atoms with Gasteiger partial charge in [-0.15, -0.1) is 0 Å². The molecule has 0 bridgehead atoms. The highest BCUT2D eigenvalue weighted by atomic mass is 16.5. The fourth-order valence-corrected chi connectivity index (χ4v) is 1.88. The molecular formula is C13H17N3O4. The first-order valence-corrected chi connectivity index (χ1v) is 6.19. The monoisotopic (exact) mass is 279 g/mol. The van der Waals surface area contributed by atoms with Crippen molar-refractivity contribution in [3.63, 3.8) is 0 Å². The van der Waals surface area contributed by atoms with E-state index >= 15 is 0 Å². The molecule has 2 unspecified atom stereocenters. The highest BCUT2D eigenvalue weighted by Crippen LogP contribution is 2.17. The largest absolute Gasteiger partial charge is 0.453 e. The Hall–Kier alpha value is -2.12. The number of hydrogen-bond donors (Lipinski definition) is 3. The minimum Gasteiger partial charge on any atom is -0.453 e. The smallest absolute Gasteiger partial charge is 0.411 e. The summed E-state index contributed by atoms with van der Waals surface area (Å²) < 4.78 is 9.64. The van der Waals surface area contributed by atoms with E-state index in [1.54, 1.807) is 24.3 Å². The lowest BCUT2D eigenvalue weighted by Gasteiger charge is -2.13. The van der Waals surface area contributed by atoms with Crippen LogP contribution in [0.3, 0.4) is 0 Å². The van der Waals surface area contributed by atoms with Crippen LogP contribution in [0.15, 0.2) is 24.3 Å². The molecule has 2 amide bonds. The summed E-state index contributed by atoms with van der Waals surface area (Å²) in [5.41, 5.74) is 6.99. The molecule has 7 heteroatoms. The summed E-state index contributed by atoms with van der Waals surface area (Å²) >= 11 is 0. The normalized spacial score (nSPS) is 21.3. The van der Waals surface area contributed by atoms with Crippen LogP contribution in [0, 0.1) is 5.92 Å². The zero-order valence-corrected chi connectivity index (χ0v) is 11.1. The maximum absolute atomic E-state index is 12.0. The van der Waals surface area contributed by atoms with Crippen LogP contribution in [0.5, 0.6) is 0 Å². The number of anilines is 2. The van der Waals surface area contributed by atoms with Gasteiger partial charge in [0, 0.05) is 17.4 Å². The van der Waals surface area contributed by atoms with Crippen molar-refractivity contribution in [1.82, 2.24) is 0 Å². The number of benzene rings is 1. The minimum absolute atomic E-state index is 0.163. The first kappa shape index (κ1) is 14.3. The molecule has 0 spiro atoms. The summed E-state index contributed by atoms with van der Waals surface area (Å²) in [6.45, 7) is 0.745. The van der Waals surface area contributed by atoms with E-state index in [1.165, 1.54) is 7.11 Å². The zero-order valence-electron chi connectivity index (χ0n) is 11.1. The van der Waals surface area contributed by atoms with Crippen LogP contribution in [-0.4, -0.2) is 38.4 Å². The van der Waals surface area contributed by atoms with Crippen LogP contribution >= 0.6 is 0 Å². The molecule has 0 aliphatic carbocycles. The highest BCUT2D eigenvalue weighted by molar-refractivity contribution is 5.93. The van der Waals surface area contributed by atoms with Crippen LogP contribution in [0.25, 0.3) is 0 Å². The van der Waals surface area contributed by atoms with Crippen LogP contribution in [0.4, 0.5) is 16.2 Å². The molecule has 0 aromatic heterocycles. The lowest BCUT2D eigenvalue weighted by atomic mass is 10.0. The Morgan fingerprint density at radius 1 is 1.20 bits per heavy atom. The summed E-state index contributed by atoms with van der Waals surface area (Å²) in [6.07, 6.45) is -0.545. The Morgan fingerprint density at radius 2 is 1.80 bits per heavy atom. The molecule has 1 aliphatic rings. The molecular weight excluding hydrogens is 262 g/mol. The number of ether oxygens (including phenoxy) is 2. The molecule has 1 aliphatic heterocycles. The first-order chi connectivity index (χ1) is 9.60. The molecule has 4 N–H and O–H groups in total. The molecule has 1 aromatic carbocycles. The second-order valence-corrected chi connectivity index (χ2v) is 4.49. The van der Waals surface area contributed by atoms with Crippen molar-refractivity contribution in [2.24, 2.45) is 11.7 Å². The van der Waals surface area contributed by atoms with Crippen molar-refractivity contribution in [3.05, 3.63) is 24.3 Å². The first-order valence-electron chi connectivity index (χ1n) is 6.19. The summed E-state index contributed by atoms with van der Waals surface area (Å²) in [4.78, 5) is 23.0. The number of hydrogen-bond acceptors (Lipinski definition) is 5. The molecule has 20 heavy (non-hydrogen) atoms. The maximum Gasteiger partial charge on any atom is 0.411 e. The van der Waals surface area contributed by atoms with E-state index in [-0.39, 0.29) is 17.9 Å². The third-order valence-electron chi connectivity index (χ3n) is 3.05. The van der Waals surface area contributed by atoms with Gasteiger partial charge in [0.2, 0.25) is 5.91 Å².